The Balaban J connectivity index is 1.65. The molecule has 0 aliphatic heterocycles. The van der Waals surface area contributed by atoms with Gasteiger partial charge in [0.1, 0.15) is 5.82 Å². The Morgan fingerprint density at radius 1 is 1.19 bits per heavy atom. The van der Waals surface area contributed by atoms with Gasteiger partial charge in [0.2, 0.25) is 11.8 Å². The Morgan fingerprint density at radius 3 is 2.68 bits per heavy atom. The molecule has 3 N–H and O–H groups in total. The van der Waals surface area contributed by atoms with Crippen molar-refractivity contribution in [1.82, 2.24) is 14.9 Å². The summed E-state index contributed by atoms with van der Waals surface area (Å²) in [7, 11) is 0. The Labute approximate surface area is 189 Å². The Bertz CT molecular complexity index is 1120. The van der Waals surface area contributed by atoms with Crippen molar-refractivity contribution in [1.29, 1.82) is 0 Å². The number of hydrogen-bond acceptors (Lipinski definition) is 4. The summed E-state index contributed by atoms with van der Waals surface area (Å²) in [4.78, 5) is 27.3. The first-order valence-corrected chi connectivity index (χ1v) is 10.1. The van der Waals surface area contributed by atoms with Crippen molar-refractivity contribution in [2.45, 2.75) is 20.1 Å². The van der Waals surface area contributed by atoms with E-state index in [9.17, 15) is 14.7 Å². The third-order valence-corrected chi connectivity index (χ3v) is 5.15. The normalized spacial score (nSPS) is 11.0. The van der Waals surface area contributed by atoms with E-state index >= 15 is 0 Å². The molecule has 0 spiro atoms. The molecule has 0 saturated heterocycles. The van der Waals surface area contributed by atoms with Gasteiger partial charge >= 0.3 is 0 Å². The van der Waals surface area contributed by atoms with Crippen LogP contribution in [0, 0.1) is 0 Å². The Hall–Kier alpha value is -3.13. The van der Waals surface area contributed by atoms with E-state index in [1.807, 2.05) is 22.9 Å². The summed E-state index contributed by atoms with van der Waals surface area (Å²) in [5.74, 6) is -0.0376. The van der Waals surface area contributed by atoms with E-state index in [0.717, 1.165) is 11.3 Å². The maximum Gasteiger partial charge on any atom is 0.244 e. The summed E-state index contributed by atoms with van der Waals surface area (Å²) < 4.78 is 1.83. The van der Waals surface area contributed by atoms with Crippen LogP contribution in [-0.4, -0.2) is 26.5 Å². The molecule has 2 heterocycles. The van der Waals surface area contributed by atoms with Crippen LogP contribution in [0.3, 0.4) is 0 Å². The molecule has 2 amide bonds. The summed E-state index contributed by atoms with van der Waals surface area (Å²) in [5.41, 5.74) is 2.63. The van der Waals surface area contributed by atoms with Gasteiger partial charge < -0.3 is 20.3 Å². The molecule has 0 saturated carbocycles. The van der Waals surface area contributed by atoms with E-state index in [0.29, 0.717) is 27.1 Å². The van der Waals surface area contributed by atoms with Gasteiger partial charge in [-0.25, -0.2) is 4.98 Å². The SMILES string of the molecule is CC(=O)Nc1ccc(C=CC(=O)NCc2cccn2-c2ccc(Cl)c(CO)c2Cl)cn1. The molecule has 160 valence electrons. The first kappa shape index (κ1) is 22.6. The molecule has 3 rings (SSSR count). The van der Waals surface area contributed by atoms with E-state index in [-0.39, 0.29) is 25.0 Å². The van der Waals surface area contributed by atoms with Gasteiger partial charge in [-0.05, 0) is 48.0 Å². The number of carbonyl (C=O) groups is 2. The lowest BCUT2D eigenvalue weighted by molar-refractivity contribution is -0.116. The van der Waals surface area contributed by atoms with Crippen LogP contribution in [0.15, 0.2) is 54.9 Å². The molecular weight excluding hydrogens is 439 g/mol. The second kappa shape index (κ2) is 10.3. The lowest BCUT2D eigenvalue weighted by Crippen LogP contribution is -2.21. The van der Waals surface area contributed by atoms with E-state index in [1.165, 1.54) is 13.0 Å². The Kier molecular flexibility index (Phi) is 7.46. The third kappa shape index (κ3) is 5.73. The molecule has 3 aromatic rings. The summed E-state index contributed by atoms with van der Waals surface area (Å²) in [5, 5.41) is 15.7. The summed E-state index contributed by atoms with van der Waals surface area (Å²) in [6, 6.07) is 10.5. The first-order chi connectivity index (χ1) is 14.9. The molecule has 2 aromatic heterocycles. The van der Waals surface area contributed by atoms with Gasteiger partial charge in [-0.1, -0.05) is 23.2 Å². The molecule has 0 radical (unpaired) electrons. The lowest BCUT2D eigenvalue weighted by atomic mass is 10.2. The molecule has 0 atom stereocenters. The fourth-order valence-electron chi connectivity index (χ4n) is 2.88. The summed E-state index contributed by atoms with van der Waals surface area (Å²) >= 11 is 12.5. The van der Waals surface area contributed by atoms with E-state index in [1.54, 1.807) is 36.5 Å². The van der Waals surface area contributed by atoms with Crippen LogP contribution in [-0.2, 0) is 22.7 Å². The Morgan fingerprint density at radius 2 is 2.00 bits per heavy atom. The van der Waals surface area contributed by atoms with Crippen molar-refractivity contribution in [3.8, 4) is 5.69 Å². The standard InChI is InChI=1S/C22H20Cl2N4O3/c1-14(30)27-20-8-4-15(11-25-20)5-9-21(31)26-12-16-3-2-10-28(16)19-7-6-18(23)17(13-29)22(19)24/h2-11,29H,12-13H2,1H3,(H,26,31)(H,25,27,30). The number of nitrogens with one attached hydrogen (secondary N) is 2. The van der Waals surface area contributed by atoms with Gasteiger partial charge in [0.25, 0.3) is 0 Å². The second-order valence-electron chi connectivity index (χ2n) is 6.60. The van der Waals surface area contributed by atoms with Crippen LogP contribution in [0.1, 0.15) is 23.7 Å². The minimum absolute atomic E-state index is 0.201. The highest BCUT2D eigenvalue weighted by Crippen LogP contribution is 2.31. The average molecular weight is 459 g/mol. The number of amides is 2. The number of rotatable bonds is 7. The van der Waals surface area contributed by atoms with Gasteiger partial charge in [0, 0.05) is 41.7 Å². The van der Waals surface area contributed by atoms with Crippen molar-refractivity contribution in [2.24, 2.45) is 0 Å². The lowest BCUT2D eigenvalue weighted by Gasteiger charge is -2.14. The van der Waals surface area contributed by atoms with E-state index in [2.05, 4.69) is 15.6 Å². The van der Waals surface area contributed by atoms with Gasteiger partial charge in [0.15, 0.2) is 0 Å². The number of halogens is 2. The van der Waals surface area contributed by atoms with E-state index < -0.39 is 0 Å². The molecule has 0 bridgehead atoms. The van der Waals surface area contributed by atoms with Crippen LogP contribution < -0.4 is 10.6 Å². The highest BCUT2D eigenvalue weighted by atomic mass is 35.5. The topological polar surface area (TPSA) is 96.2 Å². The second-order valence-corrected chi connectivity index (χ2v) is 7.38. The molecule has 1 aromatic carbocycles. The molecule has 7 nitrogen and oxygen atoms in total. The molecule has 0 aliphatic carbocycles. The number of nitrogens with zero attached hydrogens (tertiary/aromatic N) is 2. The number of aromatic nitrogens is 2. The fourth-order valence-corrected chi connectivity index (χ4v) is 3.46. The van der Waals surface area contributed by atoms with Gasteiger partial charge in [-0.2, -0.15) is 0 Å². The average Bonchev–Trinajstić information content (AvgIpc) is 3.20. The minimum atomic E-state index is -0.281. The van der Waals surface area contributed by atoms with Crippen LogP contribution in [0.4, 0.5) is 5.82 Å². The van der Waals surface area contributed by atoms with Crippen LogP contribution in [0.5, 0.6) is 0 Å². The highest BCUT2D eigenvalue weighted by molar-refractivity contribution is 6.37. The van der Waals surface area contributed by atoms with Crippen molar-refractivity contribution >= 4 is 46.9 Å². The van der Waals surface area contributed by atoms with Crippen LogP contribution in [0.25, 0.3) is 11.8 Å². The van der Waals surface area contributed by atoms with Crippen molar-refractivity contribution < 1.29 is 14.7 Å². The van der Waals surface area contributed by atoms with Crippen LogP contribution in [0.2, 0.25) is 10.0 Å². The number of pyridine rings is 1. The van der Waals surface area contributed by atoms with Crippen molar-refractivity contribution in [3.63, 3.8) is 0 Å². The summed E-state index contributed by atoms with van der Waals surface area (Å²) in [6.45, 7) is 1.40. The predicted molar refractivity (Wildman–Crippen MR) is 121 cm³/mol. The number of aliphatic hydroxyl groups excluding tert-OH is 1. The van der Waals surface area contributed by atoms with Gasteiger partial charge in [-0.3, -0.25) is 9.59 Å². The molecule has 0 fully saturated rings. The first-order valence-electron chi connectivity index (χ1n) is 9.33. The van der Waals surface area contributed by atoms with E-state index in [4.69, 9.17) is 23.2 Å². The number of carbonyl (C=O) groups excluding carboxylic acids is 2. The zero-order valence-electron chi connectivity index (χ0n) is 16.6. The predicted octanol–water partition coefficient (Wildman–Crippen LogP) is 3.96. The van der Waals surface area contributed by atoms with Gasteiger partial charge in [0.05, 0.1) is 23.9 Å². The molecule has 9 heteroatoms. The smallest absolute Gasteiger partial charge is 0.244 e. The largest absolute Gasteiger partial charge is 0.392 e. The maximum absolute atomic E-state index is 12.2. The number of hydrogen-bond donors (Lipinski definition) is 3. The molecule has 0 aliphatic rings. The van der Waals surface area contributed by atoms with Crippen molar-refractivity contribution in [2.75, 3.05) is 5.32 Å². The monoisotopic (exact) mass is 458 g/mol. The number of anilines is 1. The quantitative estimate of drug-likeness (QED) is 0.466. The van der Waals surface area contributed by atoms with Crippen molar-refractivity contribution in [3.05, 3.63) is 81.7 Å². The fraction of sp³-hybridized carbons (Fsp3) is 0.136. The van der Waals surface area contributed by atoms with Gasteiger partial charge in [-0.15, -0.1) is 0 Å². The molecule has 0 unspecified atom stereocenters. The number of benzene rings is 1. The molecule has 31 heavy (non-hydrogen) atoms. The zero-order chi connectivity index (χ0) is 22.4. The third-order valence-electron chi connectivity index (χ3n) is 4.38. The number of aliphatic hydroxyl groups is 1. The minimum Gasteiger partial charge on any atom is -0.392 e. The summed E-state index contributed by atoms with van der Waals surface area (Å²) in [6.07, 6.45) is 6.40. The maximum atomic E-state index is 12.2. The highest BCUT2D eigenvalue weighted by Gasteiger charge is 2.13. The molecular formula is C22H20Cl2N4O3. The van der Waals surface area contributed by atoms with Crippen LogP contribution >= 0.6 is 23.2 Å². The zero-order valence-corrected chi connectivity index (χ0v) is 18.1.